The fourth-order valence-electron chi connectivity index (χ4n) is 2.04. The van der Waals surface area contributed by atoms with E-state index in [0.717, 1.165) is 52.5 Å². The van der Waals surface area contributed by atoms with E-state index in [1.165, 1.54) is 0 Å². The Morgan fingerprint density at radius 3 is 2.58 bits per heavy atom. The van der Waals surface area contributed by atoms with Crippen LogP contribution in [0.4, 0.5) is 0 Å². The maximum absolute atomic E-state index is 11.9. The summed E-state index contributed by atoms with van der Waals surface area (Å²) in [6, 6.07) is 0. The zero-order chi connectivity index (χ0) is 13.9. The lowest BCUT2D eigenvalue weighted by atomic mass is 10.3. The summed E-state index contributed by atoms with van der Waals surface area (Å²) in [5.74, 6) is 0.181. The zero-order valence-corrected chi connectivity index (χ0v) is 12.2. The summed E-state index contributed by atoms with van der Waals surface area (Å²) in [6.07, 6.45) is 0. The lowest BCUT2D eigenvalue weighted by Gasteiger charge is -2.34. The summed E-state index contributed by atoms with van der Waals surface area (Å²) in [4.78, 5) is 16.2. The normalized spacial score (nSPS) is 16.8. The van der Waals surface area contributed by atoms with Crippen LogP contribution >= 0.6 is 0 Å². The van der Waals surface area contributed by atoms with Crippen molar-refractivity contribution in [3.8, 4) is 0 Å². The first kappa shape index (κ1) is 16.4. The van der Waals surface area contributed by atoms with Gasteiger partial charge in [-0.05, 0) is 6.92 Å². The highest BCUT2D eigenvalue weighted by atomic mass is 16.5. The first-order chi connectivity index (χ1) is 9.27. The van der Waals surface area contributed by atoms with Crippen LogP contribution in [-0.4, -0.2) is 88.5 Å². The van der Waals surface area contributed by atoms with E-state index in [-0.39, 0.29) is 5.91 Å². The first-order valence-electron chi connectivity index (χ1n) is 7.05. The molecular weight excluding hydrogens is 246 g/mol. The lowest BCUT2D eigenvalue weighted by molar-refractivity contribution is -0.132. The van der Waals surface area contributed by atoms with E-state index in [2.05, 4.69) is 10.2 Å². The highest BCUT2D eigenvalue weighted by Crippen LogP contribution is 2.01. The molecule has 0 aromatic carbocycles. The number of ether oxygens (including phenoxy) is 2. The molecule has 0 aromatic heterocycles. The number of rotatable bonds is 9. The van der Waals surface area contributed by atoms with Crippen molar-refractivity contribution in [3.05, 3.63) is 0 Å². The SMILES string of the molecule is CCOCCN1CCN(C(=O)CNCCOC)CC1. The number of methoxy groups -OCH3 is 1. The van der Waals surface area contributed by atoms with Crippen LogP contribution in [0.25, 0.3) is 0 Å². The topological polar surface area (TPSA) is 54.0 Å². The Kier molecular flexibility index (Phi) is 8.73. The van der Waals surface area contributed by atoms with Crippen LogP contribution in [0.2, 0.25) is 0 Å². The average Bonchev–Trinajstić information content (AvgIpc) is 2.44. The van der Waals surface area contributed by atoms with Crippen molar-refractivity contribution < 1.29 is 14.3 Å². The highest BCUT2D eigenvalue weighted by molar-refractivity contribution is 5.78. The third-order valence-corrected chi connectivity index (χ3v) is 3.24. The number of piperazine rings is 1. The minimum absolute atomic E-state index is 0.181. The molecule has 1 saturated heterocycles. The lowest BCUT2D eigenvalue weighted by Crippen LogP contribution is -2.51. The molecular formula is C13H27N3O3. The van der Waals surface area contributed by atoms with E-state index < -0.39 is 0 Å². The molecule has 112 valence electrons. The number of nitrogens with one attached hydrogen (secondary N) is 1. The molecule has 0 saturated carbocycles. The molecule has 1 N–H and O–H groups in total. The molecule has 0 unspecified atom stereocenters. The number of hydrogen-bond acceptors (Lipinski definition) is 5. The van der Waals surface area contributed by atoms with Crippen molar-refractivity contribution in [2.24, 2.45) is 0 Å². The largest absolute Gasteiger partial charge is 0.383 e. The van der Waals surface area contributed by atoms with Crippen molar-refractivity contribution in [1.29, 1.82) is 0 Å². The van der Waals surface area contributed by atoms with E-state index in [4.69, 9.17) is 9.47 Å². The minimum Gasteiger partial charge on any atom is -0.383 e. The van der Waals surface area contributed by atoms with Crippen LogP contribution in [0.3, 0.4) is 0 Å². The van der Waals surface area contributed by atoms with Crippen molar-refractivity contribution in [3.63, 3.8) is 0 Å². The van der Waals surface area contributed by atoms with Crippen LogP contribution in [-0.2, 0) is 14.3 Å². The second-order valence-electron chi connectivity index (χ2n) is 4.59. The van der Waals surface area contributed by atoms with Gasteiger partial charge in [0.15, 0.2) is 0 Å². The molecule has 0 bridgehead atoms. The number of hydrogen-bond donors (Lipinski definition) is 1. The van der Waals surface area contributed by atoms with Gasteiger partial charge in [0.05, 0.1) is 19.8 Å². The molecule has 0 aliphatic carbocycles. The third-order valence-electron chi connectivity index (χ3n) is 3.24. The number of carbonyl (C=O) groups is 1. The highest BCUT2D eigenvalue weighted by Gasteiger charge is 2.20. The quantitative estimate of drug-likeness (QED) is 0.569. The monoisotopic (exact) mass is 273 g/mol. The summed E-state index contributed by atoms with van der Waals surface area (Å²) in [5, 5.41) is 3.09. The molecule has 19 heavy (non-hydrogen) atoms. The fourth-order valence-corrected chi connectivity index (χ4v) is 2.04. The average molecular weight is 273 g/mol. The van der Waals surface area contributed by atoms with Crippen LogP contribution in [0, 0.1) is 0 Å². The second-order valence-corrected chi connectivity index (χ2v) is 4.59. The van der Waals surface area contributed by atoms with Gasteiger partial charge in [-0.3, -0.25) is 9.69 Å². The summed E-state index contributed by atoms with van der Waals surface area (Å²) in [6.45, 7) is 9.79. The molecule has 0 aromatic rings. The molecule has 6 heteroatoms. The number of carbonyl (C=O) groups excluding carboxylic acids is 1. The van der Waals surface area contributed by atoms with E-state index in [1.807, 2.05) is 11.8 Å². The predicted octanol–water partition coefficient (Wildman–Crippen LogP) is -0.597. The zero-order valence-electron chi connectivity index (χ0n) is 12.2. The maximum Gasteiger partial charge on any atom is 0.236 e. The van der Waals surface area contributed by atoms with E-state index in [1.54, 1.807) is 7.11 Å². The van der Waals surface area contributed by atoms with Gasteiger partial charge in [-0.25, -0.2) is 0 Å². The van der Waals surface area contributed by atoms with Gasteiger partial charge in [0, 0.05) is 53.0 Å². The van der Waals surface area contributed by atoms with Gasteiger partial charge < -0.3 is 19.7 Å². The van der Waals surface area contributed by atoms with E-state index in [0.29, 0.717) is 13.2 Å². The van der Waals surface area contributed by atoms with Gasteiger partial charge in [0.25, 0.3) is 0 Å². The van der Waals surface area contributed by atoms with Crippen LogP contribution in [0.1, 0.15) is 6.92 Å². The van der Waals surface area contributed by atoms with Crippen molar-refractivity contribution in [1.82, 2.24) is 15.1 Å². The van der Waals surface area contributed by atoms with Gasteiger partial charge in [0.1, 0.15) is 0 Å². The third kappa shape index (κ3) is 6.87. The van der Waals surface area contributed by atoms with Gasteiger partial charge in [-0.1, -0.05) is 0 Å². The minimum atomic E-state index is 0.181. The molecule has 1 rings (SSSR count). The smallest absolute Gasteiger partial charge is 0.236 e. The van der Waals surface area contributed by atoms with Crippen LogP contribution < -0.4 is 5.32 Å². The number of amides is 1. The van der Waals surface area contributed by atoms with E-state index in [9.17, 15) is 4.79 Å². The summed E-state index contributed by atoms with van der Waals surface area (Å²) < 4.78 is 10.3. The molecule has 1 aliphatic rings. The summed E-state index contributed by atoms with van der Waals surface area (Å²) in [5.41, 5.74) is 0. The Bertz CT molecular complexity index is 243. The summed E-state index contributed by atoms with van der Waals surface area (Å²) >= 11 is 0. The Morgan fingerprint density at radius 2 is 1.95 bits per heavy atom. The molecule has 6 nitrogen and oxygen atoms in total. The molecule has 1 aliphatic heterocycles. The van der Waals surface area contributed by atoms with Crippen molar-refractivity contribution in [2.75, 3.05) is 72.7 Å². The first-order valence-corrected chi connectivity index (χ1v) is 7.05. The van der Waals surface area contributed by atoms with Crippen LogP contribution in [0.5, 0.6) is 0 Å². The number of nitrogens with zero attached hydrogens (tertiary/aromatic N) is 2. The molecule has 1 amide bonds. The Labute approximate surface area is 116 Å². The van der Waals surface area contributed by atoms with E-state index >= 15 is 0 Å². The van der Waals surface area contributed by atoms with Gasteiger partial charge in [0.2, 0.25) is 5.91 Å². The standard InChI is InChI=1S/C13H27N3O3/c1-3-19-11-9-15-5-7-16(8-6-15)13(17)12-14-4-10-18-2/h14H,3-12H2,1-2H3. The van der Waals surface area contributed by atoms with Crippen molar-refractivity contribution in [2.45, 2.75) is 6.92 Å². The summed E-state index contributed by atoms with van der Waals surface area (Å²) in [7, 11) is 1.66. The fraction of sp³-hybridized carbons (Fsp3) is 0.923. The maximum atomic E-state index is 11.9. The van der Waals surface area contributed by atoms with Gasteiger partial charge >= 0.3 is 0 Å². The molecule has 1 heterocycles. The Hall–Kier alpha value is -0.690. The van der Waals surface area contributed by atoms with Gasteiger partial charge in [-0.2, -0.15) is 0 Å². The van der Waals surface area contributed by atoms with Gasteiger partial charge in [-0.15, -0.1) is 0 Å². The molecule has 0 spiro atoms. The predicted molar refractivity (Wildman–Crippen MR) is 74.3 cm³/mol. The molecule has 1 fully saturated rings. The van der Waals surface area contributed by atoms with Crippen molar-refractivity contribution >= 4 is 5.91 Å². The second kappa shape index (κ2) is 10.1. The Balaban J connectivity index is 2.09. The van der Waals surface area contributed by atoms with Crippen LogP contribution in [0.15, 0.2) is 0 Å². The Morgan fingerprint density at radius 1 is 1.21 bits per heavy atom. The molecule has 0 atom stereocenters. The molecule has 0 radical (unpaired) electrons.